The minimum absolute atomic E-state index is 0.964. The summed E-state index contributed by atoms with van der Waals surface area (Å²) >= 11 is 0. The lowest BCUT2D eigenvalue weighted by atomic mass is 9.94. The van der Waals surface area contributed by atoms with Crippen molar-refractivity contribution in [3.63, 3.8) is 0 Å². The average molecular weight is 513 g/mol. The largest absolute Gasteiger partial charge is 0.248 e. The molecule has 0 atom stereocenters. The Balaban J connectivity index is 1.55. The van der Waals surface area contributed by atoms with Crippen LogP contribution in [0.2, 0.25) is 0 Å². The van der Waals surface area contributed by atoms with Crippen LogP contribution in [-0.2, 0) is 0 Å². The fourth-order valence-electron chi connectivity index (χ4n) is 5.40. The molecule has 0 amide bonds. The molecular weight excluding hydrogens is 484 g/mol. The van der Waals surface area contributed by atoms with Gasteiger partial charge in [-0.25, -0.2) is 9.97 Å². The van der Waals surface area contributed by atoms with Gasteiger partial charge in [-0.05, 0) is 60.4 Å². The number of hydrogen-bond donors (Lipinski definition) is 0. The molecule has 0 bridgehead atoms. The predicted octanol–water partition coefficient (Wildman–Crippen LogP) is 10.1. The number of nitrogens with zero attached hydrogens (tertiary/aromatic N) is 2. The maximum atomic E-state index is 5.21. The number of hydrogen-bond acceptors (Lipinski definition) is 2. The van der Waals surface area contributed by atoms with Crippen LogP contribution < -0.4 is 0 Å². The number of aromatic nitrogens is 2. The number of rotatable bonds is 4. The normalized spacial score (nSPS) is 11.2. The number of benzene rings is 5. The zero-order valence-electron chi connectivity index (χ0n) is 22.6. The molecule has 0 fully saturated rings. The highest BCUT2D eigenvalue weighted by molar-refractivity contribution is 6.08. The summed E-state index contributed by atoms with van der Waals surface area (Å²) in [4.78, 5) is 10.4. The molecule has 7 rings (SSSR count). The molecule has 0 saturated carbocycles. The molecule has 0 aliphatic heterocycles. The Kier molecular flexibility index (Phi) is 5.94. The Hall–Kier alpha value is -5.08. The average Bonchev–Trinajstić information content (AvgIpc) is 3.00. The molecule has 190 valence electrons. The van der Waals surface area contributed by atoms with Crippen molar-refractivity contribution >= 4 is 21.8 Å². The van der Waals surface area contributed by atoms with Crippen LogP contribution in [0.4, 0.5) is 0 Å². The zero-order chi connectivity index (χ0) is 27.1. The lowest BCUT2D eigenvalue weighted by molar-refractivity contribution is 1.37. The van der Waals surface area contributed by atoms with Gasteiger partial charge in [0.1, 0.15) is 0 Å². The maximum Gasteiger partial charge on any atom is 0.0723 e. The van der Waals surface area contributed by atoms with Gasteiger partial charge >= 0.3 is 0 Å². The van der Waals surface area contributed by atoms with Gasteiger partial charge in [-0.1, -0.05) is 120 Å². The van der Waals surface area contributed by atoms with E-state index in [0.29, 0.717) is 0 Å². The first-order valence-corrected chi connectivity index (χ1v) is 13.7. The van der Waals surface area contributed by atoms with E-state index in [1.807, 2.05) is 0 Å². The molecule has 2 heterocycles. The Bertz CT molecular complexity index is 1830. The lowest BCUT2D eigenvalue weighted by Crippen LogP contribution is -1.94. The third-order valence-corrected chi connectivity index (χ3v) is 7.60. The molecular formula is C38H28N2. The first-order chi connectivity index (χ1) is 19.6. The molecule has 2 nitrogen and oxygen atoms in total. The molecule has 0 saturated heterocycles. The van der Waals surface area contributed by atoms with E-state index < -0.39 is 0 Å². The van der Waals surface area contributed by atoms with Crippen LogP contribution in [0.15, 0.2) is 133 Å². The molecule has 2 aromatic heterocycles. The maximum absolute atomic E-state index is 5.21. The number of pyridine rings is 2. The lowest BCUT2D eigenvalue weighted by Gasteiger charge is -2.15. The van der Waals surface area contributed by atoms with Gasteiger partial charge in [-0.15, -0.1) is 0 Å². The quantitative estimate of drug-likeness (QED) is 0.219. The van der Waals surface area contributed by atoms with E-state index in [4.69, 9.17) is 9.97 Å². The predicted molar refractivity (Wildman–Crippen MR) is 168 cm³/mol. The Morgan fingerprint density at radius 3 is 1.12 bits per heavy atom. The SMILES string of the molecule is Cc1ccc(-c2cc(-c3ccccc3)c3cc4nc(-c5ccc(C)cc5)cc(-c5ccccc5)c4cc3n2)cc1. The Labute approximate surface area is 234 Å². The first-order valence-electron chi connectivity index (χ1n) is 13.7. The van der Waals surface area contributed by atoms with Crippen LogP contribution >= 0.6 is 0 Å². The monoisotopic (exact) mass is 512 g/mol. The van der Waals surface area contributed by atoms with Gasteiger partial charge in [0.25, 0.3) is 0 Å². The molecule has 0 spiro atoms. The van der Waals surface area contributed by atoms with E-state index in [1.165, 1.54) is 22.3 Å². The van der Waals surface area contributed by atoms with Crippen LogP contribution in [0, 0.1) is 13.8 Å². The van der Waals surface area contributed by atoms with Gasteiger partial charge in [0.2, 0.25) is 0 Å². The molecule has 0 aliphatic carbocycles. The third-order valence-electron chi connectivity index (χ3n) is 7.60. The summed E-state index contributed by atoms with van der Waals surface area (Å²) in [5.74, 6) is 0. The summed E-state index contributed by atoms with van der Waals surface area (Å²) in [6.07, 6.45) is 0. The topological polar surface area (TPSA) is 25.8 Å². The summed E-state index contributed by atoms with van der Waals surface area (Å²) in [5, 5.41) is 2.20. The van der Waals surface area contributed by atoms with Crippen molar-refractivity contribution in [2.75, 3.05) is 0 Å². The van der Waals surface area contributed by atoms with Crippen LogP contribution in [-0.4, -0.2) is 9.97 Å². The zero-order valence-corrected chi connectivity index (χ0v) is 22.6. The fourth-order valence-corrected chi connectivity index (χ4v) is 5.40. The van der Waals surface area contributed by atoms with E-state index in [1.54, 1.807) is 0 Å². The highest BCUT2D eigenvalue weighted by Crippen LogP contribution is 2.38. The van der Waals surface area contributed by atoms with E-state index >= 15 is 0 Å². The third kappa shape index (κ3) is 4.44. The molecule has 0 N–H and O–H groups in total. The second-order valence-corrected chi connectivity index (χ2v) is 10.5. The Morgan fingerprint density at radius 1 is 0.375 bits per heavy atom. The summed E-state index contributed by atoms with van der Waals surface area (Å²) < 4.78 is 0. The molecule has 0 aliphatic rings. The molecule has 0 radical (unpaired) electrons. The van der Waals surface area contributed by atoms with Gasteiger partial charge in [0, 0.05) is 21.9 Å². The van der Waals surface area contributed by atoms with Crippen molar-refractivity contribution in [3.05, 3.63) is 145 Å². The molecule has 5 aromatic carbocycles. The smallest absolute Gasteiger partial charge is 0.0723 e. The number of fused-ring (bicyclic) bond motifs is 2. The summed E-state index contributed by atoms with van der Waals surface area (Å²) in [6, 6.07) is 47.3. The van der Waals surface area contributed by atoms with Crippen molar-refractivity contribution in [3.8, 4) is 44.8 Å². The van der Waals surface area contributed by atoms with Crippen molar-refractivity contribution in [2.45, 2.75) is 13.8 Å². The van der Waals surface area contributed by atoms with E-state index in [0.717, 1.165) is 55.4 Å². The minimum atomic E-state index is 0.964. The second kappa shape index (κ2) is 9.91. The summed E-state index contributed by atoms with van der Waals surface area (Å²) in [5.41, 5.74) is 13.2. The summed E-state index contributed by atoms with van der Waals surface area (Å²) in [6.45, 7) is 4.23. The Morgan fingerprint density at radius 2 is 0.750 bits per heavy atom. The van der Waals surface area contributed by atoms with Gasteiger partial charge in [0.15, 0.2) is 0 Å². The molecule has 40 heavy (non-hydrogen) atoms. The molecule has 2 heteroatoms. The number of aryl methyl sites for hydroxylation is 2. The van der Waals surface area contributed by atoms with E-state index in [9.17, 15) is 0 Å². The first kappa shape index (κ1) is 24.0. The van der Waals surface area contributed by atoms with Crippen LogP contribution in [0.1, 0.15) is 11.1 Å². The van der Waals surface area contributed by atoms with E-state index in [2.05, 4.69) is 147 Å². The van der Waals surface area contributed by atoms with Gasteiger partial charge in [0.05, 0.1) is 22.4 Å². The van der Waals surface area contributed by atoms with Crippen molar-refractivity contribution in [2.24, 2.45) is 0 Å². The second-order valence-electron chi connectivity index (χ2n) is 10.5. The van der Waals surface area contributed by atoms with Crippen LogP contribution in [0.3, 0.4) is 0 Å². The highest BCUT2D eigenvalue weighted by atomic mass is 14.7. The van der Waals surface area contributed by atoms with Gasteiger partial charge < -0.3 is 0 Å². The minimum Gasteiger partial charge on any atom is -0.248 e. The highest BCUT2D eigenvalue weighted by Gasteiger charge is 2.15. The van der Waals surface area contributed by atoms with Crippen LogP contribution in [0.25, 0.3) is 66.6 Å². The van der Waals surface area contributed by atoms with E-state index in [-0.39, 0.29) is 0 Å². The molecule has 7 aromatic rings. The van der Waals surface area contributed by atoms with Crippen molar-refractivity contribution < 1.29 is 0 Å². The fraction of sp³-hybridized carbons (Fsp3) is 0.0526. The van der Waals surface area contributed by atoms with Crippen molar-refractivity contribution in [1.29, 1.82) is 0 Å². The van der Waals surface area contributed by atoms with Gasteiger partial charge in [-0.2, -0.15) is 0 Å². The van der Waals surface area contributed by atoms with Crippen LogP contribution in [0.5, 0.6) is 0 Å². The molecule has 0 unspecified atom stereocenters. The summed E-state index contributed by atoms with van der Waals surface area (Å²) in [7, 11) is 0. The van der Waals surface area contributed by atoms with Gasteiger partial charge in [-0.3, -0.25) is 0 Å². The van der Waals surface area contributed by atoms with Crippen molar-refractivity contribution in [1.82, 2.24) is 9.97 Å². The standard InChI is InChI=1S/C38H28N2/c1-25-13-17-29(18-14-25)35-21-31(27-9-5-3-6-10-27)33-24-38-34(23-37(33)39-35)32(28-11-7-4-8-12-28)22-36(40-38)30-19-15-26(2)16-20-30/h3-24H,1-2H3.